The molecule has 0 unspecified atom stereocenters. The van der Waals surface area contributed by atoms with E-state index in [-0.39, 0.29) is 5.56 Å². The Balaban J connectivity index is 2.30. The van der Waals surface area contributed by atoms with Crippen LogP contribution in [0.3, 0.4) is 0 Å². The maximum Gasteiger partial charge on any atom is 0.340 e. The van der Waals surface area contributed by atoms with Gasteiger partial charge in [0, 0.05) is 23.2 Å². The summed E-state index contributed by atoms with van der Waals surface area (Å²) in [6, 6.07) is 0. The van der Waals surface area contributed by atoms with Crippen LogP contribution in [0.1, 0.15) is 33.7 Å². The second kappa shape index (κ2) is 6.12. The van der Waals surface area contributed by atoms with Gasteiger partial charge in [0.25, 0.3) is 0 Å². The van der Waals surface area contributed by atoms with Crippen LogP contribution in [0.5, 0.6) is 0 Å². The number of aromatic carboxylic acids is 1. The lowest BCUT2D eigenvalue weighted by molar-refractivity contribution is 0.0690. The standard InChI is InChI=1S/C12H13N3O2S2/c1-3-9-14-7(2)10(12(16)17)11(15-9)18-5-8-4-13-6-19-8/h4,6H,3,5H2,1-2H3,(H,16,17). The molecule has 0 aliphatic carbocycles. The Morgan fingerprint density at radius 1 is 1.47 bits per heavy atom. The zero-order valence-corrected chi connectivity index (χ0v) is 12.2. The fraction of sp³-hybridized carbons (Fsp3) is 0.333. The normalized spacial score (nSPS) is 10.6. The molecule has 2 aromatic rings. The van der Waals surface area contributed by atoms with Gasteiger partial charge in [0.15, 0.2) is 0 Å². The van der Waals surface area contributed by atoms with E-state index >= 15 is 0 Å². The van der Waals surface area contributed by atoms with E-state index < -0.39 is 5.97 Å². The number of aryl methyl sites for hydroxylation is 2. The van der Waals surface area contributed by atoms with E-state index in [0.717, 1.165) is 4.88 Å². The molecule has 2 heterocycles. The van der Waals surface area contributed by atoms with Crippen molar-refractivity contribution in [3.8, 4) is 0 Å². The van der Waals surface area contributed by atoms with Crippen LogP contribution in [-0.4, -0.2) is 26.0 Å². The first-order chi connectivity index (χ1) is 9.11. The molecule has 5 nitrogen and oxygen atoms in total. The van der Waals surface area contributed by atoms with Gasteiger partial charge in [0.2, 0.25) is 0 Å². The van der Waals surface area contributed by atoms with Crippen LogP contribution in [0.2, 0.25) is 0 Å². The van der Waals surface area contributed by atoms with Gasteiger partial charge in [0.1, 0.15) is 16.4 Å². The summed E-state index contributed by atoms with van der Waals surface area (Å²) >= 11 is 2.96. The highest BCUT2D eigenvalue weighted by molar-refractivity contribution is 7.98. The lowest BCUT2D eigenvalue weighted by Gasteiger charge is -2.08. The highest BCUT2D eigenvalue weighted by Crippen LogP contribution is 2.27. The van der Waals surface area contributed by atoms with E-state index in [4.69, 9.17) is 0 Å². The first-order valence-electron chi connectivity index (χ1n) is 5.72. The van der Waals surface area contributed by atoms with Crippen LogP contribution < -0.4 is 0 Å². The predicted molar refractivity (Wildman–Crippen MR) is 74.8 cm³/mol. The van der Waals surface area contributed by atoms with Crippen LogP contribution in [-0.2, 0) is 12.2 Å². The van der Waals surface area contributed by atoms with Gasteiger partial charge in [-0.15, -0.1) is 11.3 Å². The van der Waals surface area contributed by atoms with E-state index in [0.29, 0.717) is 28.7 Å². The summed E-state index contributed by atoms with van der Waals surface area (Å²) in [5.41, 5.74) is 2.48. The van der Waals surface area contributed by atoms with Crippen molar-refractivity contribution in [2.45, 2.75) is 31.0 Å². The maximum absolute atomic E-state index is 11.3. The number of carbonyl (C=O) groups is 1. The van der Waals surface area contributed by atoms with Gasteiger partial charge in [-0.1, -0.05) is 18.7 Å². The topological polar surface area (TPSA) is 76.0 Å². The number of thiazole rings is 1. The third kappa shape index (κ3) is 3.30. The van der Waals surface area contributed by atoms with Gasteiger partial charge in [-0.2, -0.15) is 0 Å². The van der Waals surface area contributed by atoms with Crippen LogP contribution in [0.25, 0.3) is 0 Å². The minimum atomic E-state index is -0.980. The van der Waals surface area contributed by atoms with Crippen molar-refractivity contribution < 1.29 is 9.90 Å². The lowest BCUT2D eigenvalue weighted by atomic mass is 10.2. The smallest absolute Gasteiger partial charge is 0.340 e. The highest BCUT2D eigenvalue weighted by Gasteiger charge is 2.18. The molecule has 100 valence electrons. The minimum Gasteiger partial charge on any atom is -0.478 e. The second-order valence-electron chi connectivity index (χ2n) is 3.82. The number of carboxylic acids is 1. The van der Waals surface area contributed by atoms with Crippen molar-refractivity contribution in [2.24, 2.45) is 0 Å². The monoisotopic (exact) mass is 295 g/mol. The molecular formula is C12H13N3O2S2. The van der Waals surface area contributed by atoms with Gasteiger partial charge >= 0.3 is 5.97 Å². The molecule has 0 fully saturated rings. The SMILES string of the molecule is CCc1nc(C)c(C(=O)O)c(SCc2cncs2)n1. The minimum absolute atomic E-state index is 0.201. The molecule has 1 N–H and O–H groups in total. The van der Waals surface area contributed by atoms with Crippen molar-refractivity contribution >= 4 is 29.1 Å². The molecule has 0 amide bonds. The van der Waals surface area contributed by atoms with Crippen LogP contribution in [0.15, 0.2) is 16.7 Å². The largest absolute Gasteiger partial charge is 0.478 e. The number of carboxylic acid groups (broad SMARTS) is 1. The molecule has 7 heteroatoms. The van der Waals surface area contributed by atoms with Gasteiger partial charge < -0.3 is 5.11 Å². The van der Waals surface area contributed by atoms with Gasteiger partial charge in [0.05, 0.1) is 11.2 Å². The number of thioether (sulfide) groups is 1. The average molecular weight is 295 g/mol. The van der Waals surface area contributed by atoms with Gasteiger partial charge in [-0.05, 0) is 6.92 Å². The summed E-state index contributed by atoms with van der Waals surface area (Å²) in [6.07, 6.45) is 2.47. The van der Waals surface area contributed by atoms with Crippen LogP contribution >= 0.6 is 23.1 Å². The van der Waals surface area contributed by atoms with Crippen LogP contribution in [0.4, 0.5) is 0 Å². The van der Waals surface area contributed by atoms with Crippen LogP contribution in [0, 0.1) is 6.92 Å². The number of hydrogen-bond donors (Lipinski definition) is 1. The molecule has 2 aromatic heterocycles. The van der Waals surface area contributed by atoms with Crippen molar-refractivity contribution in [3.05, 3.63) is 33.7 Å². The molecule has 0 radical (unpaired) electrons. The molecule has 0 spiro atoms. The first kappa shape index (κ1) is 14.0. The summed E-state index contributed by atoms with van der Waals surface area (Å²) in [7, 11) is 0. The Labute approximate surface area is 119 Å². The fourth-order valence-electron chi connectivity index (χ4n) is 1.56. The molecule has 19 heavy (non-hydrogen) atoms. The summed E-state index contributed by atoms with van der Waals surface area (Å²) in [5.74, 6) is 0.367. The number of rotatable bonds is 5. The van der Waals surface area contributed by atoms with E-state index in [1.54, 1.807) is 30.0 Å². The Morgan fingerprint density at radius 3 is 2.84 bits per heavy atom. The molecule has 0 aliphatic rings. The number of hydrogen-bond acceptors (Lipinski definition) is 6. The lowest BCUT2D eigenvalue weighted by Crippen LogP contribution is -2.09. The van der Waals surface area contributed by atoms with E-state index in [2.05, 4.69) is 15.0 Å². The zero-order valence-electron chi connectivity index (χ0n) is 10.6. The molecule has 0 saturated heterocycles. The molecule has 0 aliphatic heterocycles. The summed E-state index contributed by atoms with van der Waals surface area (Å²) < 4.78 is 0. The Kier molecular flexibility index (Phi) is 4.49. The summed E-state index contributed by atoms with van der Waals surface area (Å²) in [6.45, 7) is 3.66. The van der Waals surface area contributed by atoms with E-state index in [1.807, 2.05) is 6.92 Å². The highest BCUT2D eigenvalue weighted by atomic mass is 32.2. The molecule has 0 aromatic carbocycles. The van der Waals surface area contributed by atoms with Crippen molar-refractivity contribution in [1.82, 2.24) is 15.0 Å². The first-order valence-corrected chi connectivity index (χ1v) is 7.59. The summed E-state index contributed by atoms with van der Waals surface area (Å²) in [5, 5.41) is 9.80. The zero-order chi connectivity index (χ0) is 13.8. The Morgan fingerprint density at radius 2 is 2.26 bits per heavy atom. The quantitative estimate of drug-likeness (QED) is 0.675. The van der Waals surface area contributed by atoms with E-state index in [1.165, 1.54) is 11.8 Å². The molecule has 2 rings (SSSR count). The Hall–Kier alpha value is -1.47. The number of nitrogens with zero attached hydrogens (tertiary/aromatic N) is 3. The van der Waals surface area contributed by atoms with Crippen molar-refractivity contribution in [1.29, 1.82) is 0 Å². The third-order valence-corrected chi connectivity index (χ3v) is 4.45. The van der Waals surface area contributed by atoms with Crippen molar-refractivity contribution in [2.75, 3.05) is 0 Å². The average Bonchev–Trinajstić information content (AvgIpc) is 2.88. The molecular weight excluding hydrogens is 282 g/mol. The molecule has 0 saturated carbocycles. The van der Waals surface area contributed by atoms with Crippen molar-refractivity contribution in [3.63, 3.8) is 0 Å². The number of aromatic nitrogens is 3. The molecule has 0 atom stereocenters. The third-order valence-electron chi connectivity index (χ3n) is 2.47. The fourth-order valence-corrected chi connectivity index (χ4v) is 3.29. The second-order valence-corrected chi connectivity index (χ2v) is 5.76. The maximum atomic E-state index is 11.3. The Bertz CT molecular complexity index is 585. The van der Waals surface area contributed by atoms with Gasteiger partial charge in [-0.3, -0.25) is 4.98 Å². The van der Waals surface area contributed by atoms with E-state index in [9.17, 15) is 9.90 Å². The summed E-state index contributed by atoms with van der Waals surface area (Å²) in [4.78, 5) is 24.9. The molecule has 0 bridgehead atoms. The predicted octanol–water partition coefficient (Wildman–Crippen LogP) is 2.79. The van der Waals surface area contributed by atoms with Gasteiger partial charge in [-0.25, -0.2) is 14.8 Å².